The minimum atomic E-state index is -0.228. The van der Waals surface area contributed by atoms with E-state index in [1.807, 2.05) is 24.3 Å². The van der Waals surface area contributed by atoms with Crippen molar-refractivity contribution in [2.24, 2.45) is 4.99 Å². The van der Waals surface area contributed by atoms with Crippen molar-refractivity contribution >= 4 is 17.6 Å². The molecule has 1 saturated heterocycles. The summed E-state index contributed by atoms with van der Waals surface area (Å²) in [5.74, 6) is 1.37. The van der Waals surface area contributed by atoms with Crippen molar-refractivity contribution in [3.63, 3.8) is 0 Å². The highest BCUT2D eigenvalue weighted by Gasteiger charge is 2.12. The summed E-state index contributed by atoms with van der Waals surface area (Å²) in [6.45, 7) is 4.61. The number of hydrogen-bond donors (Lipinski definition) is 2. The molecule has 8 nitrogen and oxygen atoms in total. The number of carbonyl (C=O) groups excluding carboxylic acids is 1. The summed E-state index contributed by atoms with van der Waals surface area (Å²) in [4.78, 5) is 19.5. The molecule has 2 aromatic carbocycles. The van der Waals surface area contributed by atoms with Crippen molar-refractivity contribution in [3.8, 4) is 11.5 Å². The van der Waals surface area contributed by atoms with Crippen LogP contribution >= 0.6 is 0 Å². The van der Waals surface area contributed by atoms with Crippen molar-refractivity contribution in [2.45, 2.75) is 0 Å². The van der Waals surface area contributed by atoms with Crippen molar-refractivity contribution in [3.05, 3.63) is 54.1 Å². The first-order valence-corrected chi connectivity index (χ1v) is 9.89. The number of nitrogens with zero attached hydrogens (tertiary/aromatic N) is 2. The third-order valence-corrected chi connectivity index (χ3v) is 4.70. The molecule has 1 fully saturated rings. The van der Waals surface area contributed by atoms with E-state index in [0.29, 0.717) is 29.6 Å². The Bertz CT molecular complexity index is 851. The predicted molar refractivity (Wildman–Crippen MR) is 117 cm³/mol. The maximum atomic E-state index is 12.6. The SMILES string of the molecule is COc1ccc(NC(=NCCN2CCOCC2)NC(=O)c2ccccc2)cc1OC. The van der Waals surface area contributed by atoms with Crippen LogP contribution in [0.25, 0.3) is 0 Å². The zero-order valence-electron chi connectivity index (χ0n) is 17.4. The molecule has 2 aromatic rings. The number of amides is 1. The van der Waals surface area contributed by atoms with Crippen LogP contribution in [0.15, 0.2) is 53.5 Å². The number of guanidine groups is 1. The highest BCUT2D eigenvalue weighted by Crippen LogP contribution is 2.29. The summed E-state index contributed by atoms with van der Waals surface area (Å²) < 4.78 is 16.0. The molecule has 160 valence electrons. The van der Waals surface area contributed by atoms with Crippen molar-refractivity contribution in [1.82, 2.24) is 10.2 Å². The lowest BCUT2D eigenvalue weighted by Gasteiger charge is -2.25. The maximum absolute atomic E-state index is 12.6. The molecule has 1 aliphatic heterocycles. The van der Waals surface area contributed by atoms with Crippen molar-refractivity contribution in [2.75, 3.05) is 58.9 Å². The third kappa shape index (κ3) is 6.20. The molecule has 1 heterocycles. The highest BCUT2D eigenvalue weighted by molar-refractivity contribution is 6.10. The topological polar surface area (TPSA) is 84.4 Å². The Kier molecular flexibility index (Phi) is 8.05. The Morgan fingerprint density at radius 1 is 1.07 bits per heavy atom. The van der Waals surface area contributed by atoms with Crippen LogP contribution < -0.4 is 20.1 Å². The first kappa shape index (κ1) is 21.6. The zero-order chi connectivity index (χ0) is 21.2. The van der Waals surface area contributed by atoms with Gasteiger partial charge in [0, 0.05) is 37.0 Å². The molecule has 1 amide bonds. The third-order valence-electron chi connectivity index (χ3n) is 4.70. The number of benzene rings is 2. The van der Waals surface area contributed by atoms with Gasteiger partial charge in [-0.3, -0.25) is 20.0 Å². The largest absolute Gasteiger partial charge is 0.493 e. The lowest BCUT2D eigenvalue weighted by atomic mass is 10.2. The van der Waals surface area contributed by atoms with Crippen molar-refractivity contribution < 1.29 is 19.0 Å². The minimum absolute atomic E-state index is 0.228. The molecule has 0 bridgehead atoms. The van der Waals surface area contributed by atoms with E-state index in [9.17, 15) is 4.79 Å². The first-order valence-electron chi connectivity index (χ1n) is 9.89. The number of nitrogens with one attached hydrogen (secondary N) is 2. The lowest BCUT2D eigenvalue weighted by molar-refractivity contribution is 0.0394. The molecule has 0 unspecified atom stereocenters. The second-order valence-corrected chi connectivity index (χ2v) is 6.70. The molecular formula is C22H28N4O4. The summed E-state index contributed by atoms with van der Waals surface area (Å²) in [5.41, 5.74) is 1.29. The van der Waals surface area contributed by atoms with Crippen LogP contribution in [0.3, 0.4) is 0 Å². The van der Waals surface area contributed by atoms with Gasteiger partial charge in [-0.25, -0.2) is 0 Å². The Morgan fingerprint density at radius 3 is 2.50 bits per heavy atom. The molecule has 0 saturated carbocycles. The fourth-order valence-corrected chi connectivity index (χ4v) is 3.06. The predicted octanol–water partition coefficient (Wildman–Crippen LogP) is 2.23. The van der Waals surface area contributed by atoms with Gasteiger partial charge in [0.25, 0.3) is 5.91 Å². The summed E-state index contributed by atoms with van der Waals surface area (Å²) in [7, 11) is 3.17. The van der Waals surface area contributed by atoms with Crippen LogP contribution in [0.1, 0.15) is 10.4 Å². The summed E-state index contributed by atoms with van der Waals surface area (Å²) in [6, 6.07) is 14.5. The average Bonchev–Trinajstić information content (AvgIpc) is 2.80. The van der Waals surface area contributed by atoms with Gasteiger partial charge in [-0.1, -0.05) is 18.2 Å². The second kappa shape index (κ2) is 11.2. The highest BCUT2D eigenvalue weighted by atomic mass is 16.5. The van der Waals surface area contributed by atoms with E-state index >= 15 is 0 Å². The van der Waals surface area contributed by atoms with Gasteiger partial charge in [-0.2, -0.15) is 0 Å². The average molecular weight is 412 g/mol. The molecule has 0 atom stereocenters. The van der Waals surface area contributed by atoms with Gasteiger partial charge in [0.2, 0.25) is 5.96 Å². The van der Waals surface area contributed by atoms with Gasteiger partial charge in [0.1, 0.15) is 0 Å². The zero-order valence-corrected chi connectivity index (χ0v) is 17.4. The Morgan fingerprint density at radius 2 is 1.80 bits per heavy atom. The van der Waals surface area contributed by atoms with Crippen LogP contribution in [0.2, 0.25) is 0 Å². The molecule has 8 heteroatoms. The number of aliphatic imine (C=N–C) groups is 1. The summed E-state index contributed by atoms with van der Waals surface area (Å²) in [6.07, 6.45) is 0. The smallest absolute Gasteiger partial charge is 0.257 e. The van der Waals surface area contributed by atoms with Crippen molar-refractivity contribution in [1.29, 1.82) is 0 Å². The number of ether oxygens (including phenoxy) is 3. The van der Waals surface area contributed by atoms with E-state index in [1.54, 1.807) is 38.5 Å². The fraction of sp³-hybridized carbons (Fsp3) is 0.364. The second-order valence-electron chi connectivity index (χ2n) is 6.70. The van der Waals surface area contributed by atoms with Gasteiger partial charge in [-0.15, -0.1) is 0 Å². The molecule has 30 heavy (non-hydrogen) atoms. The molecule has 0 radical (unpaired) electrons. The fourth-order valence-electron chi connectivity index (χ4n) is 3.06. The van der Waals surface area contributed by atoms with Crippen LogP contribution in [-0.4, -0.2) is 70.4 Å². The number of rotatable bonds is 7. The normalized spacial score (nSPS) is 14.8. The van der Waals surface area contributed by atoms with E-state index in [0.717, 1.165) is 38.5 Å². The van der Waals surface area contributed by atoms with Crippen LogP contribution in [0, 0.1) is 0 Å². The molecule has 3 rings (SSSR count). The molecule has 0 spiro atoms. The number of morpholine rings is 1. The molecular weight excluding hydrogens is 384 g/mol. The number of methoxy groups -OCH3 is 2. The summed E-state index contributed by atoms with van der Waals surface area (Å²) >= 11 is 0. The van der Waals surface area contributed by atoms with E-state index in [2.05, 4.69) is 20.5 Å². The molecule has 2 N–H and O–H groups in total. The van der Waals surface area contributed by atoms with Gasteiger partial charge in [0.15, 0.2) is 11.5 Å². The van der Waals surface area contributed by atoms with Gasteiger partial charge in [0.05, 0.1) is 34.0 Å². The molecule has 0 aromatic heterocycles. The van der Waals surface area contributed by atoms with Gasteiger partial charge < -0.3 is 19.5 Å². The van der Waals surface area contributed by atoms with Gasteiger partial charge in [-0.05, 0) is 24.3 Å². The number of anilines is 1. The number of hydrogen-bond acceptors (Lipinski definition) is 6. The minimum Gasteiger partial charge on any atom is -0.493 e. The van der Waals surface area contributed by atoms with Crippen LogP contribution in [-0.2, 0) is 4.74 Å². The van der Waals surface area contributed by atoms with Gasteiger partial charge >= 0.3 is 0 Å². The van der Waals surface area contributed by atoms with E-state index in [1.165, 1.54) is 0 Å². The molecule has 0 aliphatic carbocycles. The quantitative estimate of drug-likeness (QED) is 0.536. The Hall–Kier alpha value is -3.10. The summed E-state index contributed by atoms with van der Waals surface area (Å²) in [5, 5.41) is 6.05. The standard InChI is InChI=1S/C22H28N4O4/c1-28-19-9-8-18(16-20(19)29-2)24-22(23-10-11-26-12-14-30-15-13-26)25-21(27)17-6-4-3-5-7-17/h3-9,16H,10-15H2,1-2H3,(H2,23,24,25,27). The molecule has 1 aliphatic rings. The number of carbonyl (C=O) groups is 1. The van der Waals surface area contributed by atoms with Crippen LogP contribution in [0.5, 0.6) is 11.5 Å². The first-order chi connectivity index (χ1) is 14.7. The monoisotopic (exact) mass is 412 g/mol. The Labute approximate surface area is 176 Å². The van der Waals surface area contributed by atoms with E-state index < -0.39 is 0 Å². The Balaban J connectivity index is 1.72. The van der Waals surface area contributed by atoms with E-state index in [4.69, 9.17) is 14.2 Å². The maximum Gasteiger partial charge on any atom is 0.257 e. The van der Waals surface area contributed by atoms with Crippen LogP contribution in [0.4, 0.5) is 5.69 Å². The van der Waals surface area contributed by atoms with E-state index in [-0.39, 0.29) is 5.91 Å². The lowest BCUT2D eigenvalue weighted by Crippen LogP contribution is -2.39.